The third-order valence-electron chi connectivity index (χ3n) is 5.67. The molecule has 1 amide bonds. The molecule has 176 valence electrons. The summed E-state index contributed by atoms with van der Waals surface area (Å²) in [5, 5.41) is 3.75. The summed E-state index contributed by atoms with van der Waals surface area (Å²) < 4.78 is 41.8. The number of hydrogen-bond donors (Lipinski definition) is 3. The summed E-state index contributed by atoms with van der Waals surface area (Å²) in [5.74, 6) is -0.750. The van der Waals surface area contributed by atoms with E-state index in [-0.39, 0.29) is 17.1 Å². The average Bonchev–Trinajstić information content (AvgIpc) is 3.23. The summed E-state index contributed by atoms with van der Waals surface area (Å²) in [6.07, 6.45) is 2.47. The van der Waals surface area contributed by atoms with E-state index in [4.69, 9.17) is 0 Å². The highest BCUT2D eigenvalue weighted by Crippen LogP contribution is 2.20. The minimum absolute atomic E-state index is 0.0983. The van der Waals surface area contributed by atoms with Crippen molar-refractivity contribution in [3.63, 3.8) is 0 Å². The number of carbonyl (C=O) groups is 1. The molecule has 0 saturated carbocycles. The number of para-hydroxylation sites is 1. The van der Waals surface area contributed by atoms with Gasteiger partial charge in [0.15, 0.2) is 0 Å². The molecular formula is C26H26FN3O3S. The van der Waals surface area contributed by atoms with Gasteiger partial charge in [0.1, 0.15) is 11.9 Å². The predicted molar refractivity (Wildman–Crippen MR) is 130 cm³/mol. The molecule has 0 fully saturated rings. The number of aromatic amines is 1. The zero-order chi connectivity index (χ0) is 24.1. The summed E-state index contributed by atoms with van der Waals surface area (Å²) in [7, 11) is -3.92. The number of aromatic nitrogens is 1. The largest absolute Gasteiger partial charge is 0.361 e. The number of amides is 1. The third-order valence-corrected chi connectivity index (χ3v) is 7.16. The smallest absolute Gasteiger partial charge is 0.241 e. The van der Waals surface area contributed by atoms with Crippen molar-refractivity contribution in [3.8, 4) is 0 Å². The van der Waals surface area contributed by atoms with Gasteiger partial charge < -0.3 is 10.3 Å². The van der Waals surface area contributed by atoms with Gasteiger partial charge in [0.05, 0.1) is 4.90 Å². The first kappa shape index (κ1) is 23.7. The van der Waals surface area contributed by atoms with Gasteiger partial charge in [-0.25, -0.2) is 12.8 Å². The summed E-state index contributed by atoms with van der Waals surface area (Å²) in [6.45, 7) is 2.17. The maximum absolute atomic E-state index is 13.1. The van der Waals surface area contributed by atoms with Crippen molar-refractivity contribution < 1.29 is 17.6 Å². The normalized spacial score (nSPS) is 12.5. The second-order valence-corrected chi connectivity index (χ2v) is 9.93. The van der Waals surface area contributed by atoms with Crippen molar-refractivity contribution in [2.75, 3.05) is 6.54 Å². The van der Waals surface area contributed by atoms with E-state index < -0.39 is 22.0 Å². The van der Waals surface area contributed by atoms with Crippen LogP contribution in [0.15, 0.2) is 83.9 Å². The number of carbonyl (C=O) groups excluding carboxylic acids is 1. The van der Waals surface area contributed by atoms with Crippen LogP contribution in [0, 0.1) is 12.7 Å². The lowest BCUT2D eigenvalue weighted by atomic mass is 10.0. The van der Waals surface area contributed by atoms with Crippen molar-refractivity contribution in [1.82, 2.24) is 15.0 Å². The van der Waals surface area contributed by atoms with Crippen molar-refractivity contribution >= 4 is 26.8 Å². The van der Waals surface area contributed by atoms with Crippen molar-refractivity contribution in [1.29, 1.82) is 0 Å². The number of halogens is 1. The summed E-state index contributed by atoms with van der Waals surface area (Å²) >= 11 is 0. The van der Waals surface area contributed by atoms with E-state index >= 15 is 0 Å². The van der Waals surface area contributed by atoms with Crippen LogP contribution in [0.25, 0.3) is 10.9 Å². The first-order valence-corrected chi connectivity index (χ1v) is 12.5. The van der Waals surface area contributed by atoms with E-state index in [0.29, 0.717) is 13.0 Å². The van der Waals surface area contributed by atoms with Gasteiger partial charge in [-0.2, -0.15) is 4.72 Å². The molecular weight excluding hydrogens is 453 g/mol. The zero-order valence-electron chi connectivity index (χ0n) is 18.7. The number of hydrogen-bond acceptors (Lipinski definition) is 3. The van der Waals surface area contributed by atoms with Crippen LogP contribution in [-0.2, 0) is 27.7 Å². The fraction of sp³-hybridized carbons (Fsp3) is 0.192. The van der Waals surface area contributed by atoms with Crippen LogP contribution >= 0.6 is 0 Å². The molecule has 1 aromatic heterocycles. The monoisotopic (exact) mass is 479 g/mol. The third kappa shape index (κ3) is 5.70. The molecule has 6 nitrogen and oxygen atoms in total. The minimum atomic E-state index is -3.92. The van der Waals surface area contributed by atoms with E-state index in [0.717, 1.165) is 27.6 Å². The first-order valence-electron chi connectivity index (χ1n) is 11.0. The molecule has 0 radical (unpaired) electrons. The van der Waals surface area contributed by atoms with Crippen LogP contribution in [0.2, 0.25) is 0 Å². The highest BCUT2D eigenvalue weighted by Gasteiger charge is 2.27. The summed E-state index contributed by atoms with van der Waals surface area (Å²) in [6, 6.07) is 19.2. The Hall–Kier alpha value is -3.49. The number of rotatable bonds is 9. The summed E-state index contributed by atoms with van der Waals surface area (Å²) in [5.41, 5.74) is 3.55. The molecule has 8 heteroatoms. The molecule has 4 aromatic rings. The predicted octanol–water partition coefficient (Wildman–Crippen LogP) is 3.86. The molecule has 4 rings (SSSR count). The maximum atomic E-state index is 13.1. The molecule has 1 atom stereocenters. The van der Waals surface area contributed by atoms with Gasteiger partial charge in [-0.1, -0.05) is 48.0 Å². The lowest BCUT2D eigenvalue weighted by Gasteiger charge is -2.19. The van der Waals surface area contributed by atoms with Gasteiger partial charge in [0.25, 0.3) is 0 Å². The number of aryl methyl sites for hydroxylation is 1. The van der Waals surface area contributed by atoms with Crippen LogP contribution in [0.1, 0.15) is 16.7 Å². The van der Waals surface area contributed by atoms with E-state index in [1.807, 2.05) is 31.2 Å². The van der Waals surface area contributed by atoms with Gasteiger partial charge >= 0.3 is 0 Å². The van der Waals surface area contributed by atoms with Gasteiger partial charge in [-0.15, -0.1) is 0 Å². The molecule has 34 heavy (non-hydrogen) atoms. The molecule has 0 bridgehead atoms. The van der Waals surface area contributed by atoms with E-state index in [1.165, 1.54) is 24.3 Å². The Labute approximate surface area is 198 Å². The second-order valence-electron chi connectivity index (χ2n) is 8.22. The van der Waals surface area contributed by atoms with Crippen LogP contribution in [0.4, 0.5) is 4.39 Å². The Morgan fingerprint density at radius 3 is 2.44 bits per heavy atom. The Kier molecular flexibility index (Phi) is 7.09. The minimum Gasteiger partial charge on any atom is -0.361 e. The molecule has 3 aromatic carbocycles. The van der Waals surface area contributed by atoms with Gasteiger partial charge in [0.2, 0.25) is 15.9 Å². The molecule has 0 unspecified atom stereocenters. The molecule has 3 N–H and O–H groups in total. The van der Waals surface area contributed by atoms with Crippen LogP contribution in [0.3, 0.4) is 0 Å². The second kappa shape index (κ2) is 10.2. The highest BCUT2D eigenvalue weighted by molar-refractivity contribution is 7.89. The summed E-state index contributed by atoms with van der Waals surface area (Å²) in [4.78, 5) is 16.4. The van der Waals surface area contributed by atoms with E-state index in [2.05, 4.69) is 15.0 Å². The number of H-pyrrole nitrogens is 1. The number of benzene rings is 3. The number of sulfonamides is 1. The van der Waals surface area contributed by atoms with Gasteiger partial charge in [-0.05, 0) is 61.2 Å². The molecule has 0 spiro atoms. The Balaban J connectivity index is 1.53. The number of nitrogens with one attached hydrogen (secondary N) is 3. The Morgan fingerprint density at radius 2 is 1.71 bits per heavy atom. The van der Waals surface area contributed by atoms with Crippen molar-refractivity contribution in [2.24, 2.45) is 0 Å². The fourth-order valence-electron chi connectivity index (χ4n) is 3.79. The SMILES string of the molecule is Cc1ccc(S(=O)(=O)N[C@@H](Cc2c[nH]c3ccccc23)C(=O)NCCc2ccc(F)cc2)cc1. The van der Waals surface area contributed by atoms with E-state index in [9.17, 15) is 17.6 Å². The quantitative estimate of drug-likeness (QED) is 0.340. The molecule has 0 aliphatic carbocycles. The average molecular weight is 480 g/mol. The number of fused-ring (bicyclic) bond motifs is 1. The topological polar surface area (TPSA) is 91.1 Å². The Morgan fingerprint density at radius 1 is 1.00 bits per heavy atom. The van der Waals surface area contributed by atoms with Crippen molar-refractivity contribution in [2.45, 2.75) is 30.7 Å². The van der Waals surface area contributed by atoms with Crippen molar-refractivity contribution in [3.05, 3.63) is 102 Å². The lowest BCUT2D eigenvalue weighted by Crippen LogP contribution is -2.48. The van der Waals surface area contributed by atoms with Gasteiger partial charge in [0, 0.05) is 23.6 Å². The lowest BCUT2D eigenvalue weighted by molar-refractivity contribution is -0.122. The standard InChI is InChI=1S/C26H26FN3O3S/c1-18-6-12-22(13-7-18)34(32,33)30-25(16-20-17-29-24-5-3-2-4-23(20)24)26(31)28-15-14-19-8-10-21(27)11-9-19/h2-13,17,25,29-30H,14-16H2,1H3,(H,28,31)/t25-/m0/s1. The zero-order valence-corrected chi connectivity index (χ0v) is 19.5. The molecule has 0 aliphatic rings. The molecule has 0 saturated heterocycles. The highest BCUT2D eigenvalue weighted by atomic mass is 32.2. The first-order chi connectivity index (χ1) is 16.3. The molecule has 1 heterocycles. The molecule has 0 aliphatic heterocycles. The van der Waals surface area contributed by atoms with Gasteiger partial charge in [-0.3, -0.25) is 4.79 Å². The maximum Gasteiger partial charge on any atom is 0.241 e. The van der Waals surface area contributed by atoms with Crippen LogP contribution in [-0.4, -0.2) is 31.9 Å². The van der Waals surface area contributed by atoms with Crippen LogP contribution < -0.4 is 10.0 Å². The van der Waals surface area contributed by atoms with E-state index in [1.54, 1.807) is 30.5 Å². The fourth-order valence-corrected chi connectivity index (χ4v) is 4.98. The van der Waals surface area contributed by atoms with Crippen LogP contribution in [0.5, 0.6) is 0 Å². The Bertz CT molecular complexity index is 1380.